The minimum Gasteiger partial charge on any atom is -0.487 e. The molecule has 4 nitrogen and oxygen atoms in total. The fourth-order valence-corrected chi connectivity index (χ4v) is 4.08. The zero-order valence-corrected chi connectivity index (χ0v) is 16.5. The molecule has 0 N–H and O–H groups in total. The zero-order chi connectivity index (χ0) is 18.5. The van der Waals surface area contributed by atoms with Crippen molar-refractivity contribution in [2.45, 2.75) is 33.8 Å². The van der Waals surface area contributed by atoms with Crippen molar-refractivity contribution in [2.24, 2.45) is 11.8 Å². The standard InChI is InChI=1S/C21H26N2O2S/c1-15-10-16(2)12-23(11-15)21(24)9-8-18-6-4-5-7-20(18)25-13-19-14-26-17(3)22-19/h4-9,14-16H,10-13H2,1-3H3/b9-8+/t15-,16-/m0/s1. The number of rotatable bonds is 5. The van der Waals surface area contributed by atoms with Gasteiger partial charge < -0.3 is 9.64 Å². The molecule has 1 aliphatic heterocycles. The number of ether oxygens (including phenoxy) is 1. The molecular formula is C21H26N2O2S. The number of aromatic nitrogens is 1. The van der Waals surface area contributed by atoms with Crippen LogP contribution < -0.4 is 4.74 Å². The maximum atomic E-state index is 12.5. The fraction of sp³-hybridized carbons (Fsp3) is 0.429. The van der Waals surface area contributed by atoms with Crippen molar-refractivity contribution >= 4 is 23.3 Å². The van der Waals surface area contributed by atoms with Crippen molar-refractivity contribution in [1.29, 1.82) is 0 Å². The zero-order valence-electron chi connectivity index (χ0n) is 15.6. The van der Waals surface area contributed by atoms with E-state index < -0.39 is 0 Å². The molecule has 26 heavy (non-hydrogen) atoms. The highest BCUT2D eigenvalue weighted by Crippen LogP contribution is 2.23. The lowest BCUT2D eigenvalue weighted by atomic mass is 9.92. The highest BCUT2D eigenvalue weighted by atomic mass is 32.1. The molecule has 0 spiro atoms. The van der Waals surface area contributed by atoms with E-state index in [1.807, 2.05) is 47.5 Å². The van der Waals surface area contributed by atoms with E-state index in [-0.39, 0.29) is 5.91 Å². The Morgan fingerprint density at radius 3 is 2.73 bits per heavy atom. The number of nitrogens with zero attached hydrogens (tertiary/aromatic N) is 2. The van der Waals surface area contributed by atoms with Gasteiger partial charge in [-0.3, -0.25) is 4.79 Å². The van der Waals surface area contributed by atoms with E-state index in [0.717, 1.165) is 35.1 Å². The van der Waals surface area contributed by atoms with Crippen LogP contribution in [0.15, 0.2) is 35.7 Å². The number of piperidine rings is 1. The molecular weight excluding hydrogens is 344 g/mol. The van der Waals surface area contributed by atoms with Crippen LogP contribution in [0.4, 0.5) is 0 Å². The van der Waals surface area contributed by atoms with Gasteiger partial charge in [0.15, 0.2) is 0 Å². The summed E-state index contributed by atoms with van der Waals surface area (Å²) in [6.45, 7) is 8.53. The number of amides is 1. The molecule has 0 saturated carbocycles. The predicted molar refractivity (Wildman–Crippen MR) is 106 cm³/mol. The Morgan fingerprint density at radius 1 is 1.31 bits per heavy atom. The van der Waals surface area contributed by atoms with Crippen LogP contribution in [-0.2, 0) is 11.4 Å². The van der Waals surface area contributed by atoms with Gasteiger partial charge in [-0.2, -0.15) is 0 Å². The molecule has 1 aliphatic rings. The average molecular weight is 371 g/mol. The third-order valence-electron chi connectivity index (χ3n) is 4.55. The van der Waals surface area contributed by atoms with Crippen LogP contribution in [0, 0.1) is 18.8 Å². The predicted octanol–water partition coefficient (Wildman–Crippen LogP) is 4.55. The van der Waals surface area contributed by atoms with Crippen molar-refractivity contribution in [2.75, 3.05) is 13.1 Å². The highest BCUT2D eigenvalue weighted by molar-refractivity contribution is 7.09. The SMILES string of the molecule is Cc1nc(COc2ccccc2/C=C/C(=O)N2C[C@@H](C)C[C@H](C)C2)cs1. The largest absolute Gasteiger partial charge is 0.487 e. The number of thiazole rings is 1. The molecule has 2 heterocycles. The third kappa shape index (κ3) is 4.94. The molecule has 2 aromatic rings. The smallest absolute Gasteiger partial charge is 0.246 e. The van der Waals surface area contributed by atoms with E-state index in [2.05, 4.69) is 18.8 Å². The van der Waals surface area contributed by atoms with Crippen LogP contribution in [0.1, 0.15) is 36.5 Å². The summed E-state index contributed by atoms with van der Waals surface area (Å²) in [5, 5.41) is 3.04. The number of aryl methyl sites for hydroxylation is 1. The first-order valence-electron chi connectivity index (χ1n) is 9.11. The second kappa shape index (κ2) is 8.49. The molecule has 5 heteroatoms. The number of carbonyl (C=O) groups is 1. The van der Waals surface area contributed by atoms with Gasteiger partial charge in [0.25, 0.3) is 0 Å². The quantitative estimate of drug-likeness (QED) is 0.725. The molecule has 1 aromatic carbocycles. The van der Waals surface area contributed by atoms with Crippen LogP contribution in [-0.4, -0.2) is 28.9 Å². The molecule has 1 aromatic heterocycles. The van der Waals surface area contributed by atoms with Gasteiger partial charge >= 0.3 is 0 Å². The number of likely N-dealkylation sites (tertiary alicyclic amines) is 1. The first-order chi connectivity index (χ1) is 12.5. The summed E-state index contributed by atoms with van der Waals surface area (Å²) in [5.74, 6) is 1.97. The van der Waals surface area contributed by atoms with Gasteiger partial charge in [0.2, 0.25) is 5.91 Å². The summed E-state index contributed by atoms with van der Waals surface area (Å²) < 4.78 is 5.92. The van der Waals surface area contributed by atoms with Crippen LogP contribution in [0.25, 0.3) is 6.08 Å². The molecule has 0 aliphatic carbocycles. The first kappa shape index (κ1) is 18.6. The van der Waals surface area contributed by atoms with E-state index in [1.165, 1.54) is 6.42 Å². The van der Waals surface area contributed by atoms with Gasteiger partial charge in [-0.05, 0) is 37.3 Å². The lowest BCUT2D eigenvalue weighted by molar-refractivity contribution is -0.128. The normalized spacial score (nSPS) is 20.5. The van der Waals surface area contributed by atoms with Gasteiger partial charge in [0.05, 0.1) is 10.7 Å². The number of hydrogen-bond acceptors (Lipinski definition) is 4. The third-order valence-corrected chi connectivity index (χ3v) is 5.37. The lowest BCUT2D eigenvalue weighted by Crippen LogP contribution is -2.41. The summed E-state index contributed by atoms with van der Waals surface area (Å²) >= 11 is 1.62. The highest BCUT2D eigenvalue weighted by Gasteiger charge is 2.24. The van der Waals surface area contributed by atoms with Gasteiger partial charge in [-0.25, -0.2) is 4.98 Å². The van der Waals surface area contributed by atoms with Crippen molar-refractivity contribution < 1.29 is 9.53 Å². The second-order valence-electron chi connectivity index (χ2n) is 7.21. The van der Waals surface area contributed by atoms with Crippen molar-refractivity contribution in [3.63, 3.8) is 0 Å². The topological polar surface area (TPSA) is 42.4 Å². The number of para-hydroxylation sites is 1. The maximum Gasteiger partial charge on any atom is 0.246 e. The minimum atomic E-state index is 0.0772. The monoisotopic (exact) mass is 370 g/mol. The second-order valence-corrected chi connectivity index (χ2v) is 8.27. The van der Waals surface area contributed by atoms with Crippen molar-refractivity contribution in [3.8, 4) is 5.75 Å². The Bertz CT molecular complexity index is 774. The molecule has 1 fully saturated rings. The number of carbonyl (C=O) groups excluding carboxylic acids is 1. The van der Waals surface area contributed by atoms with Gasteiger partial charge in [0.1, 0.15) is 12.4 Å². The fourth-order valence-electron chi connectivity index (χ4n) is 3.49. The van der Waals surface area contributed by atoms with E-state index in [9.17, 15) is 4.79 Å². The van der Waals surface area contributed by atoms with Gasteiger partial charge in [-0.15, -0.1) is 11.3 Å². The van der Waals surface area contributed by atoms with Crippen LogP contribution in [0.2, 0.25) is 0 Å². The minimum absolute atomic E-state index is 0.0772. The maximum absolute atomic E-state index is 12.5. The molecule has 1 amide bonds. The van der Waals surface area contributed by atoms with Crippen LogP contribution in [0.3, 0.4) is 0 Å². The molecule has 3 rings (SSSR count). The lowest BCUT2D eigenvalue weighted by Gasteiger charge is -2.34. The summed E-state index contributed by atoms with van der Waals surface area (Å²) in [6.07, 6.45) is 4.72. The molecule has 0 bridgehead atoms. The molecule has 0 unspecified atom stereocenters. The molecule has 0 radical (unpaired) electrons. The summed E-state index contributed by atoms with van der Waals surface area (Å²) in [6, 6.07) is 7.78. The Morgan fingerprint density at radius 2 is 2.04 bits per heavy atom. The Balaban J connectivity index is 1.65. The number of hydrogen-bond donors (Lipinski definition) is 0. The van der Waals surface area contributed by atoms with E-state index in [0.29, 0.717) is 18.4 Å². The van der Waals surface area contributed by atoms with Crippen LogP contribution >= 0.6 is 11.3 Å². The van der Waals surface area contributed by atoms with Gasteiger partial charge in [-0.1, -0.05) is 32.0 Å². The van der Waals surface area contributed by atoms with Crippen molar-refractivity contribution in [1.82, 2.24) is 9.88 Å². The molecule has 138 valence electrons. The Kier molecular flexibility index (Phi) is 6.09. The van der Waals surface area contributed by atoms with E-state index >= 15 is 0 Å². The number of benzene rings is 1. The first-order valence-corrected chi connectivity index (χ1v) is 9.99. The van der Waals surface area contributed by atoms with Gasteiger partial charge in [0, 0.05) is 30.1 Å². The van der Waals surface area contributed by atoms with E-state index in [4.69, 9.17) is 4.74 Å². The average Bonchev–Trinajstić information content (AvgIpc) is 3.03. The van der Waals surface area contributed by atoms with Crippen LogP contribution in [0.5, 0.6) is 5.75 Å². The van der Waals surface area contributed by atoms with Crippen molar-refractivity contribution in [3.05, 3.63) is 52.0 Å². The summed E-state index contributed by atoms with van der Waals surface area (Å²) in [7, 11) is 0. The Labute approximate surface area is 159 Å². The van der Waals surface area contributed by atoms with E-state index in [1.54, 1.807) is 17.4 Å². The molecule has 1 saturated heterocycles. The summed E-state index contributed by atoms with van der Waals surface area (Å²) in [5.41, 5.74) is 1.84. The molecule has 2 atom stereocenters. The Hall–Kier alpha value is -2.14. The summed E-state index contributed by atoms with van der Waals surface area (Å²) in [4.78, 5) is 18.9.